The molecule has 0 saturated carbocycles. The van der Waals surface area contributed by atoms with Gasteiger partial charge in [-0.1, -0.05) is 18.2 Å². The van der Waals surface area contributed by atoms with Crippen molar-refractivity contribution in [3.8, 4) is 5.75 Å². The molecule has 0 unspecified atom stereocenters. The van der Waals surface area contributed by atoms with E-state index in [-0.39, 0.29) is 11.9 Å². The van der Waals surface area contributed by atoms with Gasteiger partial charge in [-0.3, -0.25) is 9.52 Å². The Balaban J connectivity index is 2.15. The van der Waals surface area contributed by atoms with E-state index in [0.717, 1.165) is 17.4 Å². The van der Waals surface area contributed by atoms with Gasteiger partial charge >= 0.3 is 0 Å². The average Bonchev–Trinajstić information content (AvgIpc) is 2.53. The molecular weight excluding hydrogens is 340 g/mol. The molecule has 1 atom stereocenters. The number of carbonyl (C=O) groups is 1. The second kappa shape index (κ2) is 7.57. The summed E-state index contributed by atoms with van der Waals surface area (Å²) in [5.74, 6) is 0.423. The second-order valence-corrected chi connectivity index (χ2v) is 7.63. The zero-order valence-electron chi connectivity index (χ0n) is 14.7. The van der Waals surface area contributed by atoms with Crippen LogP contribution in [0.2, 0.25) is 0 Å². The Labute approximate surface area is 148 Å². The number of rotatable bonds is 6. The molecule has 0 aliphatic heterocycles. The third-order valence-electron chi connectivity index (χ3n) is 3.71. The van der Waals surface area contributed by atoms with Crippen molar-refractivity contribution in [2.45, 2.75) is 19.9 Å². The first kappa shape index (κ1) is 18.8. The Kier molecular flexibility index (Phi) is 5.69. The third-order valence-corrected chi connectivity index (χ3v) is 4.31. The summed E-state index contributed by atoms with van der Waals surface area (Å²) in [6.07, 6.45) is 1.09. The van der Waals surface area contributed by atoms with Crippen molar-refractivity contribution in [1.29, 1.82) is 0 Å². The van der Waals surface area contributed by atoms with Crippen molar-refractivity contribution in [1.82, 2.24) is 5.32 Å². The largest absolute Gasteiger partial charge is 0.496 e. The Morgan fingerprint density at radius 1 is 1.16 bits per heavy atom. The molecule has 2 aromatic rings. The molecule has 6 nitrogen and oxygen atoms in total. The highest BCUT2D eigenvalue weighted by molar-refractivity contribution is 7.92. The highest BCUT2D eigenvalue weighted by Gasteiger charge is 2.14. The number of carbonyl (C=O) groups excluding carboxylic acids is 1. The first-order valence-corrected chi connectivity index (χ1v) is 9.62. The minimum Gasteiger partial charge on any atom is -0.496 e. The lowest BCUT2D eigenvalue weighted by Gasteiger charge is -2.16. The maximum absolute atomic E-state index is 12.4. The van der Waals surface area contributed by atoms with E-state index in [9.17, 15) is 13.2 Å². The van der Waals surface area contributed by atoms with Crippen LogP contribution in [0.4, 0.5) is 5.69 Å². The van der Waals surface area contributed by atoms with E-state index in [1.807, 2.05) is 26.0 Å². The van der Waals surface area contributed by atoms with Crippen LogP contribution in [-0.2, 0) is 10.0 Å². The van der Waals surface area contributed by atoms with Gasteiger partial charge in [0, 0.05) is 11.3 Å². The van der Waals surface area contributed by atoms with E-state index in [2.05, 4.69) is 10.0 Å². The summed E-state index contributed by atoms with van der Waals surface area (Å²) in [5.41, 5.74) is 2.70. The van der Waals surface area contributed by atoms with Crippen molar-refractivity contribution in [3.05, 3.63) is 59.2 Å². The van der Waals surface area contributed by atoms with Crippen molar-refractivity contribution in [2.24, 2.45) is 0 Å². The maximum Gasteiger partial charge on any atom is 0.251 e. The molecule has 0 aromatic heterocycles. The number of methoxy groups -OCH3 is 1. The normalized spacial score (nSPS) is 12.3. The van der Waals surface area contributed by atoms with Crippen LogP contribution in [0.15, 0.2) is 42.5 Å². The molecular formula is C18H22N2O4S. The topological polar surface area (TPSA) is 84.5 Å². The molecule has 0 spiro atoms. The molecule has 0 saturated heterocycles. The number of amides is 1. The molecule has 25 heavy (non-hydrogen) atoms. The van der Waals surface area contributed by atoms with Gasteiger partial charge in [-0.15, -0.1) is 0 Å². The Morgan fingerprint density at radius 3 is 2.52 bits per heavy atom. The molecule has 2 N–H and O–H groups in total. The minimum atomic E-state index is -3.35. The van der Waals surface area contributed by atoms with Crippen molar-refractivity contribution >= 4 is 21.6 Å². The summed E-state index contributed by atoms with van der Waals surface area (Å²) in [7, 11) is -1.79. The van der Waals surface area contributed by atoms with Gasteiger partial charge in [0.25, 0.3) is 5.91 Å². The molecule has 7 heteroatoms. The number of benzene rings is 2. The van der Waals surface area contributed by atoms with Gasteiger partial charge in [0.15, 0.2) is 0 Å². The van der Waals surface area contributed by atoms with Gasteiger partial charge in [0.05, 0.1) is 19.4 Å². The van der Waals surface area contributed by atoms with E-state index in [0.29, 0.717) is 17.0 Å². The second-order valence-electron chi connectivity index (χ2n) is 5.88. The summed E-state index contributed by atoms with van der Waals surface area (Å²) < 4.78 is 30.3. The van der Waals surface area contributed by atoms with Crippen LogP contribution in [0.5, 0.6) is 5.75 Å². The number of anilines is 1. The Bertz CT molecular complexity index is 878. The smallest absolute Gasteiger partial charge is 0.251 e. The van der Waals surface area contributed by atoms with Crippen LogP contribution in [0, 0.1) is 6.92 Å². The molecule has 2 rings (SSSR count). The predicted molar refractivity (Wildman–Crippen MR) is 98.5 cm³/mol. The molecule has 0 bridgehead atoms. The molecule has 0 aliphatic rings. The van der Waals surface area contributed by atoms with E-state index >= 15 is 0 Å². The molecule has 0 fully saturated rings. The number of hydrogen-bond donors (Lipinski definition) is 2. The first-order valence-electron chi connectivity index (χ1n) is 7.73. The molecule has 2 aromatic carbocycles. The van der Waals surface area contributed by atoms with Crippen LogP contribution in [0.3, 0.4) is 0 Å². The third kappa shape index (κ3) is 5.22. The fraction of sp³-hybridized carbons (Fsp3) is 0.278. The number of aryl methyl sites for hydroxylation is 1. The van der Waals surface area contributed by atoms with Crippen LogP contribution in [0.25, 0.3) is 0 Å². The molecule has 0 aliphatic carbocycles. The van der Waals surface area contributed by atoms with Gasteiger partial charge in [-0.05, 0) is 49.2 Å². The number of nitrogens with one attached hydrogen (secondary N) is 2. The predicted octanol–water partition coefficient (Wildman–Crippen LogP) is 2.87. The SMILES string of the molecule is COc1cc(C(=O)N[C@@H](C)c2cccc(NS(C)(=O)=O)c2)ccc1C. The van der Waals surface area contributed by atoms with Gasteiger partial charge in [0.2, 0.25) is 10.0 Å². The van der Waals surface area contributed by atoms with Gasteiger partial charge in [0.1, 0.15) is 5.75 Å². The first-order chi connectivity index (χ1) is 11.7. The fourth-order valence-electron chi connectivity index (χ4n) is 2.41. The summed E-state index contributed by atoms with van der Waals surface area (Å²) in [6, 6.07) is 11.9. The maximum atomic E-state index is 12.4. The van der Waals surface area contributed by atoms with Gasteiger partial charge < -0.3 is 10.1 Å². The Morgan fingerprint density at radius 2 is 1.88 bits per heavy atom. The minimum absolute atomic E-state index is 0.229. The number of sulfonamides is 1. The van der Waals surface area contributed by atoms with E-state index in [1.165, 1.54) is 0 Å². The summed E-state index contributed by atoms with van der Waals surface area (Å²) in [4.78, 5) is 12.4. The van der Waals surface area contributed by atoms with Crippen LogP contribution in [0.1, 0.15) is 34.5 Å². The molecule has 0 heterocycles. The van der Waals surface area contributed by atoms with Crippen LogP contribution >= 0.6 is 0 Å². The van der Waals surface area contributed by atoms with Crippen LogP contribution < -0.4 is 14.8 Å². The summed E-state index contributed by atoms with van der Waals surface area (Å²) in [6.45, 7) is 3.74. The lowest BCUT2D eigenvalue weighted by molar-refractivity contribution is 0.0939. The van der Waals surface area contributed by atoms with E-state index < -0.39 is 10.0 Å². The Hall–Kier alpha value is -2.54. The van der Waals surface area contributed by atoms with Crippen molar-refractivity contribution in [2.75, 3.05) is 18.1 Å². The highest BCUT2D eigenvalue weighted by atomic mass is 32.2. The standard InChI is InChI=1S/C18H22N2O4S/c1-12-8-9-15(11-17(12)24-3)18(21)19-13(2)14-6-5-7-16(10-14)20-25(4,22)23/h5-11,13,20H,1-4H3,(H,19,21)/t13-/m0/s1. The number of hydrogen-bond acceptors (Lipinski definition) is 4. The summed E-state index contributed by atoms with van der Waals surface area (Å²) in [5, 5.41) is 2.90. The fourth-order valence-corrected chi connectivity index (χ4v) is 2.97. The zero-order valence-corrected chi connectivity index (χ0v) is 15.5. The summed E-state index contributed by atoms with van der Waals surface area (Å²) >= 11 is 0. The van der Waals surface area contributed by atoms with Gasteiger partial charge in [-0.2, -0.15) is 0 Å². The van der Waals surface area contributed by atoms with Crippen molar-refractivity contribution < 1.29 is 17.9 Å². The average molecular weight is 362 g/mol. The van der Waals surface area contributed by atoms with Crippen molar-refractivity contribution in [3.63, 3.8) is 0 Å². The van der Waals surface area contributed by atoms with E-state index in [1.54, 1.807) is 37.4 Å². The quantitative estimate of drug-likeness (QED) is 0.827. The van der Waals surface area contributed by atoms with Crippen LogP contribution in [-0.4, -0.2) is 27.7 Å². The molecule has 134 valence electrons. The monoisotopic (exact) mass is 362 g/mol. The van der Waals surface area contributed by atoms with E-state index in [4.69, 9.17) is 4.74 Å². The lowest BCUT2D eigenvalue weighted by atomic mass is 10.1. The molecule has 1 amide bonds. The van der Waals surface area contributed by atoms with Gasteiger partial charge in [-0.25, -0.2) is 8.42 Å². The number of ether oxygens (including phenoxy) is 1. The molecule has 0 radical (unpaired) electrons. The highest BCUT2D eigenvalue weighted by Crippen LogP contribution is 2.21. The zero-order chi connectivity index (χ0) is 18.6. The lowest BCUT2D eigenvalue weighted by Crippen LogP contribution is -2.26.